The van der Waals surface area contributed by atoms with Crippen molar-refractivity contribution in [2.24, 2.45) is 29.6 Å². The molecule has 5 aliphatic rings. The number of hydrogen-bond acceptors (Lipinski definition) is 4. The Labute approximate surface area is 184 Å². The van der Waals surface area contributed by atoms with Crippen LogP contribution in [0.25, 0.3) is 0 Å². The lowest BCUT2D eigenvalue weighted by Gasteiger charge is -2.47. The predicted octanol–water partition coefficient (Wildman–Crippen LogP) is 4.72. The lowest BCUT2D eigenvalue weighted by molar-refractivity contribution is -0.144. The fourth-order valence-electron chi connectivity index (χ4n) is 8.19. The van der Waals surface area contributed by atoms with E-state index >= 15 is 0 Å². The summed E-state index contributed by atoms with van der Waals surface area (Å²) >= 11 is 0. The second-order valence-corrected chi connectivity index (χ2v) is 11.2. The molecular weight excluding hydrogens is 372 g/mol. The smallest absolute Gasteiger partial charge is 0.309 e. The summed E-state index contributed by atoms with van der Waals surface area (Å²) in [5.74, 6) is 3.22. The second kappa shape index (κ2) is 9.48. The minimum Gasteiger partial charge on any atom is -0.462 e. The molecule has 5 rings (SSSR count). The number of nitrogens with zero attached hydrogens (tertiary/aromatic N) is 2. The molecule has 0 radical (unpaired) electrons. The number of ether oxygens (including phenoxy) is 1. The molecule has 0 N–H and O–H groups in total. The third kappa shape index (κ3) is 4.33. The molecule has 3 aliphatic heterocycles. The van der Waals surface area contributed by atoms with Crippen LogP contribution >= 0.6 is 0 Å². The van der Waals surface area contributed by atoms with Crippen LogP contribution in [0.15, 0.2) is 0 Å². The molecule has 0 amide bonds. The Bertz CT molecular complexity index is 582. The van der Waals surface area contributed by atoms with Crippen LogP contribution in [-0.2, 0) is 9.53 Å². The van der Waals surface area contributed by atoms with E-state index in [4.69, 9.17) is 4.74 Å². The summed E-state index contributed by atoms with van der Waals surface area (Å²) in [4.78, 5) is 18.0. The van der Waals surface area contributed by atoms with Gasteiger partial charge in [-0.2, -0.15) is 0 Å². The molecule has 30 heavy (non-hydrogen) atoms. The Balaban J connectivity index is 1.13. The van der Waals surface area contributed by atoms with Gasteiger partial charge in [0.05, 0.1) is 5.92 Å². The van der Waals surface area contributed by atoms with Gasteiger partial charge in [0, 0.05) is 12.0 Å². The van der Waals surface area contributed by atoms with Crippen molar-refractivity contribution in [2.75, 3.05) is 32.7 Å². The van der Waals surface area contributed by atoms with Gasteiger partial charge in [-0.25, -0.2) is 0 Å². The maximum atomic E-state index is 12.5. The van der Waals surface area contributed by atoms with Crippen LogP contribution in [0.3, 0.4) is 0 Å². The first-order chi connectivity index (χ1) is 14.7. The van der Waals surface area contributed by atoms with Gasteiger partial charge in [0.25, 0.3) is 0 Å². The Hall–Kier alpha value is -0.610. The molecule has 0 aromatic heterocycles. The van der Waals surface area contributed by atoms with Crippen LogP contribution in [0.4, 0.5) is 0 Å². The second-order valence-electron chi connectivity index (χ2n) is 11.2. The molecule has 4 nitrogen and oxygen atoms in total. The fourth-order valence-corrected chi connectivity index (χ4v) is 8.19. The van der Waals surface area contributed by atoms with Gasteiger partial charge in [-0.05, 0) is 109 Å². The van der Waals surface area contributed by atoms with Crippen molar-refractivity contribution >= 4 is 5.97 Å². The van der Waals surface area contributed by atoms with Crippen LogP contribution in [0.5, 0.6) is 0 Å². The first-order valence-corrected chi connectivity index (χ1v) is 13.4. The summed E-state index contributed by atoms with van der Waals surface area (Å²) in [5, 5.41) is 0. The van der Waals surface area contributed by atoms with Crippen molar-refractivity contribution in [1.29, 1.82) is 0 Å². The highest BCUT2D eigenvalue weighted by molar-refractivity contribution is 5.75. The molecule has 6 atom stereocenters. The van der Waals surface area contributed by atoms with E-state index in [9.17, 15) is 4.79 Å². The molecule has 2 saturated carbocycles. The van der Waals surface area contributed by atoms with Crippen LogP contribution in [0.2, 0.25) is 0 Å². The summed E-state index contributed by atoms with van der Waals surface area (Å²) in [7, 11) is 0. The monoisotopic (exact) mass is 416 g/mol. The summed E-state index contributed by atoms with van der Waals surface area (Å²) in [5.41, 5.74) is 0. The normalized spacial score (nSPS) is 41.3. The number of piperidine rings is 2. The van der Waals surface area contributed by atoms with Gasteiger partial charge >= 0.3 is 5.97 Å². The molecule has 0 aromatic carbocycles. The van der Waals surface area contributed by atoms with Gasteiger partial charge in [0.2, 0.25) is 0 Å². The maximum Gasteiger partial charge on any atom is 0.309 e. The van der Waals surface area contributed by atoms with Crippen molar-refractivity contribution < 1.29 is 9.53 Å². The Morgan fingerprint density at radius 2 is 1.70 bits per heavy atom. The van der Waals surface area contributed by atoms with E-state index in [2.05, 4.69) is 16.7 Å². The number of likely N-dealkylation sites (tertiary alicyclic amines) is 2. The standard InChI is InChI=1S/C26H44N2O2/c1-19-25-23(22-9-4-3-8-20(22)18-24(25)26(29)30-19)10-7-13-27-16-11-21(12-17-27)28-14-5-2-6-15-28/h19-25H,2-18H2,1H3/t19-,20+,22-,23+,24-,25+/m0/s1. The number of fused-ring (bicyclic) bond motifs is 2. The van der Waals surface area contributed by atoms with Crippen molar-refractivity contribution in [3.8, 4) is 0 Å². The van der Waals surface area contributed by atoms with Crippen LogP contribution < -0.4 is 0 Å². The average molecular weight is 417 g/mol. The van der Waals surface area contributed by atoms with Crippen molar-refractivity contribution in [3.05, 3.63) is 0 Å². The summed E-state index contributed by atoms with van der Waals surface area (Å²) in [6.07, 6.45) is 16.5. The van der Waals surface area contributed by atoms with E-state index in [-0.39, 0.29) is 18.0 Å². The molecule has 170 valence electrons. The van der Waals surface area contributed by atoms with Gasteiger partial charge in [0.15, 0.2) is 0 Å². The zero-order chi connectivity index (χ0) is 20.5. The highest BCUT2D eigenvalue weighted by atomic mass is 16.6. The van der Waals surface area contributed by atoms with Gasteiger partial charge in [-0.1, -0.05) is 25.7 Å². The lowest BCUT2D eigenvalue weighted by atomic mass is 9.56. The van der Waals surface area contributed by atoms with E-state index in [1.54, 1.807) is 0 Å². The fraction of sp³-hybridized carbons (Fsp3) is 0.962. The Kier molecular flexibility index (Phi) is 6.72. The predicted molar refractivity (Wildman–Crippen MR) is 120 cm³/mol. The molecule has 5 fully saturated rings. The molecule has 0 aromatic rings. The summed E-state index contributed by atoms with van der Waals surface area (Å²) in [6.45, 7) is 8.71. The molecule has 3 saturated heterocycles. The first kappa shape index (κ1) is 21.2. The molecule has 2 aliphatic carbocycles. The summed E-state index contributed by atoms with van der Waals surface area (Å²) in [6, 6.07) is 0.853. The van der Waals surface area contributed by atoms with Crippen molar-refractivity contribution in [3.63, 3.8) is 0 Å². The van der Waals surface area contributed by atoms with Crippen LogP contribution in [0.1, 0.15) is 84.0 Å². The number of cyclic esters (lactones) is 1. The van der Waals surface area contributed by atoms with Gasteiger partial charge in [-0.15, -0.1) is 0 Å². The molecule has 4 heteroatoms. The van der Waals surface area contributed by atoms with E-state index in [1.807, 2.05) is 0 Å². The van der Waals surface area contributed by atoms with Gasteiger partial charge < -0.3 is 14.5 Å². The minimum atomic E-state index is 0.126. The zero-order valence-electron chi connectivity index (χ0n) is 19.3. The lowest BCUT2D eigenvalue weighted by Crippen LogP contribution is -2.47. The Morgan fingerprint density at radius 1 is 0.933 bits per heavy atom. The van der Waals surface area contributed by atoms with E-state index in [1.165, 1.54) is 103 Å². The molecule has 0 spiro atoms. The van der Waals surface area contributed by atoms with E-state index in [0.29, 0.717) is 5.92 Å². The Morgan fingerprint density at radius 3 is 2.50 bits per heavy atom. The number of esters is 1. The van der Waals surface area contributed by atoms with Crippen LogP contribution in [-0.4, -0.2) is 60.6 Å². The van der Waals surface area contributed by atoms with Gasteiger partial charge in [0.1, 0.15) is 6.10 Å². The molecule has 3 heterocycles. The number of carbonyl (C=O) groups is 1. The number of hydrogen-bond donors (Lipinski definition) is 0. The number of rotatable bonds is 5. The maximum absolute atomic E-state index is 12.5. The van der Waals surface area contributed by atoms with Crippen molar-refractivity contribution in [1.82, 2.24) is 9.80 Å². The highest BCUT2D eigenvalue weighted by Crippen LogP contribution is 2.54. The first-order valence-electron chi connectivity index (χ1n) is 13.4. The van der Waals surface area contributed by atoms with Crippen molar-refractivity contribution in [2.45, 2.75) is 96.1 Å². The van der Waals surface area contributed by atoms with Gasteiger partial charge in [-0.3, -0.25) is 4.79 Å². The van der Waals surface area contributed by atoms with Crippen LogP contribution in [0, 0.1) is 29.6 Å². The topological polar surface area (TPSA) is 32.8 Å². The summed E-state index contributed by atoms with van der Waals surface area (Å²) < 4.78 is 5.76. The molecule has 0 unspecified atom stereocenters. The third-order valence-corrected chi connectivity index (χ3v) is 9.66. The third-order valence-electron chi connectivity index (χ3n) is 9.66. The average Bonchev–Trinajstić information content (AvgIpc) is 3.07. The molecular formula is C26H44N2O2. The zero-order valence-corrected chi connectivity index (χ0v) is 19.3. The number of carbonyl (C=O) groups excluding carboxylic acids is 1. The minimum absolute atomic E-state index is 0.126. The largest absolute Gasteiger partial charge is 0.462 e. The highest BCUT2D eigenvalue weighted by Gasteiger charge is 2.54. The van der Waals surface area contributed by atoms with E-state index < -0.39 is 0 Å². The SMILES string of the molecule is C[C@@H]1OC(=O)[C@H]2C[C@H]3CCCC[C@@H]3[C@@H](CCCN3CCC(N4CCCCC4)CC3)[C@@H]12. The van der Waals surface area contributed by atoms with E-state index in [0.717, 1.165) is 30.2 Å². The molecule has 0 bridgehead atoms. The quantitative estimate of drug-likeness (QED) is 0.607.